The van der Waals surface area contributed by atoms with Crippen molar-refractivity contribution < 1.29 is 9.90 Å². The van der Waals surface area contributed by atoms with Gasteiger partial charge < -0.3 is 15.0 Å². The van der Waals surface area contributed by atoms with Gasteiger partial charge in [-0.15, -0.1) is 0 Å². The van der Waals surface area contributed by atoms with Crippen molar-refractivity contribution in [2.24, 2.45) is 12.5 Å². The van der Waals surface area contributed by atoms with Gasteiger partial charge in [-0.1, -0.05) is 13.8 Å². The summed E-state index contributed by atoms with van der Waals surface area (Å²) in [5.41, 5.74) is 0.0780. The lowest BCUT2D eigenvalue weighted by molar-refractivity contribution is -0.137. The number of nitrogens with one attached hydrogen (secondary N) is 1. The molecule has 0 bridgehead atoms. The van der Waals surface area contributed by atoms with E-state index in [0.29, 0.717) is 0 Å². The Morgan fingerprint density at radius 1 is 1.42 bits per heavy atom. The Morgan fingerprint density at radius 3 is 2.74 bits per heavy atom. The van der Waals surface area contributed by atoms with Crippen LogP contribution in [0.3, 0.4) is 0 Å². The monoisotopic (exact) mass is 267 g/mol. The second kappa shape index (κ2) is 7.28. The number of hydrogen-bond donors (Lipinski definition) is 2. The third-order valence-electron chi connectivity index (χ3n) is 3.44. The fourth-order valence-corrected chi connectivity index (χ4v) is 1.96. The Hall–Kier alpha value is -1.36. The van der Waals surface area contributed by atoms with Crippen LogP contribution in [0.4, 0.5) is 0 Å². The molecule has 19 heavy (non-hydrogen) atoms. The van der Waals surface area contributed by atoms with Gasteiger partial charge in [-0.2, -0.15) is 0 Å². The number of imidazole rings is 1. The molecule has 1 aromatic heterocycles. The van der Waals surface area contributed by atoms with Gasteiger partial charge in [0.15, 0.2) is 0 Å². The highest BCUT2D eigenvalue weighted by Crippen LogP contribution is 2.25. The Kier molecular flexibility index (Phi) is 6.02. The number of aryl methyl sites for hydroxylation is 1. The summed E-state index contributed by atoms with van der Waals surface area (Å²) in [7, 11) is 2.00. The summed E-state index contributed by atoms with van der Waals surface area (Å²) in [5.74, 6) is 0.369. The number of carboxylic acid groups (broad SMARTS) is 1. The summed E-state index contributed by atoms with van der Waals surface area (Å²) in [6, 6.07) is 0. The Morgan fingerprint density at radius 2 is 2.16 bits per heavy atom. The van der Waals surface area contributed by atoms with E-state index in [1.54, 1.807) is 0 Å². The molecule has 0 aliphatic carbocycles. The normalized spacial score (nSPS) is 11.7. The zero-order valence-electron chi connectivity index (χ0n) is 12.1. The molecule has 0 spiro atoms. The Labute approximate surface area is 115 Å². The van der Waals surface area contributed by atoms with E-state index in [4.69, 9.17) is 5.11 Å². The fourth-order valence-electron chi connectivity index (χ4n) is 1.96. The molecule has 0 unspecified atom stereocenters. The van der Waals surface area contributed by atoms with Crippen molar-refractivity contribution in [3.05, 3.63) is 18.2 Å². The van der Waals surface area contributed by atoms with Crippen molar-refractivity contribution in [1.29, 1.82) is 0 Å². The second-order valence-electron chi connectivity index (χ2n) is 5.76. The van der Waals surface area contributed by atoms with Crippen molar-refractivity contribution in [2.45, 2.75) is 39.5 Å². The van der Waals surface area contributed by atoms with Crippen LogP contribution in [0.2, 0.25) is 0 Å². The van der Waals surface area contributed by atoms with Crippen LogP contribution in [0.1, 0.15) is 38.9 Å². The number of rotatable bonds is 9. The smallest absolute Gasteiger partial charge is 0.303 e. The van der Waals surface area contributed by atoms with Crippen LogP contribution in [-0.2, 0) is 18.3 Å². The van der Waals surface area contributed by atoms with Crippen molar-refractivity contribution in [2.75, 3.05) is 13.1 Å². The minimum Gasteiger partial charge on any atom is -0.481 e. The van der Waals surface area contributed by atoms with Gasteiger partial charge in [0, 0.05) is 38.8 Å². The van der Waals surface area contributed by atoms with Gasteiger partial charge in [0.2, 0.25) is 0 Å². The molecule has 0 saturated heterocycles. The Bertz CT molecular complexity index is 399. The molecule has 1 aromatic rings. The maximum Gasteiger partial charge on any atom is 0.303 e. The summed E-state index contributed by atoms with van der Waals surface area (Å²) in [4.78, 5) is 14.8. The number of aliphatic carboxylic acids is 1. The standard InChI is InChI=1S/C14H25N3O2/c1-14(2,6-4-13(18)19)7-9-15-8-5-12-16-10-11-17(12)3/h10-11,15H,4-9H2,1-3H3,(H,18,19). The van der Waals surface area contributed by atoms with E-state index >= 15 is 0 Å². The average molecular weight is 267 g/mol. The lowest BCUT2D eigenvalue weighted by Gasteiger charge is -2.23. The van der Waals surface area contributed by atoms with Crippen LogP contribution in [0.15, 0.2) is 12.4 Å². The second-order valence-corrected chi connectivity index (χ2v) is 5.76. The van der Waals surface area contributed by atoms with Gasteiger partial charge in [0.1, 0.15) is 5.82 Å². The molecular formula is C14H25N3O2. The van der Waals surface area contributed by atoms with Gasteiger partial charge in [-0.25, -0.2) is 4.98 Å². The minimum absolute atomic E-state index is 0.0780. The van der Waals surface area contributed by atoms with Crippen molar-refractivity contribution in [3.8, 4) is 0 Å². The number of hydrogen-bond acceptors (Lipinski definition) is 3. The molecule has 1 rings (SSSR count). The molecule has 2 N–H and O–H groups in total. The van der Waals surface area contributed by atoms with Crippen molar-refractivity contribution in [3.63, 3.8) is 0 Å². The summed E-state index contributed by atoms with van der Waals surface area (Å²) >= 11 is 0. The SMILES string of the molecule is Cn1ccnc1CCNCCC(C)(C)CCC(=O)O. The molecule has 0 aliphatic rings. The largest absolute Gasteiger partial charge is 0.481 e. The minimum atomic E-state index is -0.712. The third-order valence-corrected chi connectivity index (χ3v) is 3.44. The lowest BCUT2D eigenvalue weighted by Crippen LogP contribution is -2.25. The van der Waals surface area contributed by atoms with E-state index in [-0.39, 0.29) is 11.8 Å². The molecule has 5 nitrogen and oxygen atoms in total. The van der Waals surface area contributed by atoms with E-state index in [1.165, 1.54) is 0 Å². The highest BCUT2D eigenvalue weighted by atomic mass is 16.4. The molecule has 0 fully saturated rings. The molecule has 0 atom stereocenters. The van der Waals surface area contributed by atoms with E-state index in [2.05, 4.69) is 24.1 Å². The first kappa shape index (κ1) is 15.7. The first-order valence-electron chi connectivity index (χ1n) is 6.79. The van der Waals surface area contributed by atoms with Gasteiger partial charge >= 0.3 is 5.97 Å². The van der Waals surface area contributed by atoms with Crippen LogP contribution in [0.5, 0.6) is 0 Å². The summed E-state index contributed by atoms with van der Waals surface area (Å²) in [5, 5.41) is 12.1. The molecule has 1 heterocycles. The molecule has 0 radical (unpaired) electrons. The van der Waals surface area contributed by atoms with Crippen LogP contribution in [-0.4, -0.2) is 33.7 Å². The number of carbonyl (C=O) groups is 1. The Balaban J connectivity index is 2.13. The molecule has 108 valence electrons. The van der Waals surface area contributed by atoms with Gasteiger partial charge in [0.05, 0.1) is 0 Å². The van der Waals surface area contributed by atoms with Crippen molar-refractivity contribution >= 4 is 5.97 Å². The van der Waals surface area contributed by atoms with Crippen LogP contribution in [0, 0.1) is 5.41 Å². The topological polar surface area (TPSA) is 67.2 Å². The summed E-state index contributed by atoms with van der Waals surface area (Å²) in [6.45, 7) is 6.06. The van der Waals surface area contributed by atoms with Crippen LogP contribution in [0.25, 0.3) is 0 Å². The third kappa shape index (κ3) is 6.38. The van der Waals surface area contributed by atoms with E-state index < -0.39 is 5.97 Å². The first-order valence-corrected chi connectivity index (χ1v) is 6.79. The molecule has 5 heteroatoms. The van der Waals surface area contributed by atoms with E-state index in [0.717, 1.165) is 38.2 Å². The van der Waals surface area contributed by atoms with Crippen LogP contribution < -0.4 is 5.32 Å². The zero-order chi connectivity index (χ0) is 14.3. The fraction of sp³-hybridized carbons (Fsp3) is 0.714. The maximum absolute atomic E-state index is 10.6. The van der Waals surface area contributed by atoms with Crippen LogP contribution >= 0.6 is 0 Å². The summed E-state index contributed by atoms with van der Waals surface area (Å²) in [6.07, 6.45) is 6.64. The maximum atomic E-state index is 10.6. The summed E-state index contributed by atoms with van der Waals surface area (Å²) < 4.78 is 2.03. The lowest BCUT2D eigenvalue weighted by atomic mass is 9.84. The highest BCUT2D eigenvalue weighted by molar-refractivity contribution is 5.66. The predicted octanol–water partition coefficient (Wildman–Crippen LogP) is 1.83. The average Bonchev–Trinajstić information content (AvgIpc) is 2.72. The van der Waals surface area contributed by atoms with Gasteiger partial charge in [-0.05, 0) is 24.8 Å². The van der Waals surface area contributed by atoms with E-state index in [1.807, 2.05) is 24.0 Å². The molecule has 0 amide bonds. The number of carboxylic acids is 1. The number of nitrogens with zero attached hydrogens (tertiary/aromatic N) is 2. The molecular weight excluding hydrogens is 242 g/mol. The molecule has 0 aromatic carbocycles. The van der Waals surface area contributed by atoms with E-state index in [9.17, 15) is 4.79 Å². The molecule has 0 aliphatic heterocycles. The van der Waals surface area contributed by atoms with Gasteiger partial charge in [-0.3, -0.25) is 4.79 Å². The quantitative estimate of drug-likeness (QED) is 0.670. The zero-order valence-corrected chi connectivity index (χ0v) is 12.1. The number of aromatic nitrogens is 2. The van der Waals surface area contributed by atoms with Gasteiger partial charge in [0.25, 0.3) is 0 Å². The molecule has 0 saturated carbocycles. The van der Waals surface area contributed by atoms with Crippen molar-refractivity contribution in [1.82, 2.24) is 14.9 Å². The first-order chi connectivity index (χ1) is 8.91. The highest BCUT2D eigenvalue weighted by Gasteiger charge is 2.18. The predicted molar refractivity (Wildman–Crippen MR) is 75.0 cm³/mol.